The van der Waals surface area contributed by atoms with E-state index < -0.39 is 0 Å². The van der Waals surface area contributed by atoms with Crippen LogP contribution in [0.1, 0.15) is 19.8 Å². The van der Waals surface area contributed by atoms with Gasteiger partial charge in [0.05, 0.1) is 13.1 Å². The smallest absolute Gasteiger partial charge is 0.275 e. The van der Waals surface area contributed by atoms with E-state index in [2.05, 4.69) is 5.32 Å². The number of piperidine rings is 1. The maximum atomic E-state index is 12.2. The normalized spacial score (nSPS) is 23.9. The van der Waals surface area contributed by atoms with Crippen molar-refractivity contribution in [1.82, 2.24) is 0 Å². The predicted octanol–water partition coefficient (Wildman–Crippen LogP) is -0.206. The number of amides is 2. The third-order valence-corrected chi connectivity index (χ3v) is 4.08. The molecule has 0 bridgehead atoms. The summed E-state index contributed by atoms with van der Waals surface area (Å²) in [6, 6.07) is 9.31. The molecule has 1 saturated heterocycles. The molecule has 0 spiro atoms. The number of carbonyl (C=O) groups is 2. The van der Waals surface area contributed by atoms with Crippen LogP contribution in [0.25, 0.3) is 0 Å². The molecule has 2 rings (SSSR count). The van der Waals surface area contributed by atoms with Gasteiger partial charge in [0.1, 0.15) is 0 Å². The minimum Gasteiger partial charge on any atom is -0.365 e. The van der Waals surface area contributed by atoms with Crippen LogP contribution in [0, 0.1) is 5.92 Å². The molecule has 20 heavy (non-hydrogen) atoms. The molecule has 4 N–H and O–H groups in total. The average molecular weight is 276 g/mol. The second-order valence-electron chi connectivity index (χ2n) is 5.41. The van der Waals surface area contributed by atoms with Gasteiger partial charge in [-0.2, -0.15) is 0 Å². The first-order chi connectivity index (χ1) is 9.58. The Morgan fingerprint density at radius 2 is 1.85 bits per heavy atom. The molecule has 0 aliphatic carbocycles. The van der Waals surface area contributed by atoms with Crippen LogP contribution >= 0.6 is 0 Å². The van der Waals surface area contributed by atoms with Gasteiger partial charge in [-0.1, -0.05) is 18.2 Å². The van der Waals surface area contributed by atoms with Crippen molar-refractivity contribution in [1.29, 1.82) is 0 Å². The number of anilines is 1. The topological polar surface area (TPSA) is 76.6 Å². The third-order valence-electron chi connectivity index (χ3n) is 4.08. The fourth-order valence-corrected chi connectivity index (χ4v) is 2.65. The van der Waals surface area contributed by atoms with Crippen LogP contribution in [0.5, 0.6) is 0 Å². The van der Waals surface area contributed by atoms with Crippen molar-refractivity contribution in [3.05, 3.63) is 30.3 Å². The summed E-state index contributed by atoms with van der Waals surface area (Å²) in [5, 5.41) is 2.94. The molecule has 1 fully saturated rings. The van der Waals surface area contributed by atoms with E-state index in [1.54, 1.807) is 0 Å². The number of nitrogens with two attached hydrogens (primary N) is 1. The third kappa shape index (κ3) is 3.57. The van der Waals surface area contributed by atoms with Crippen molar-refractivity contribution in [3.8, 4) is 0 Å². The van der Waals surface area contributed by atoms with Gasteiger partial charge in [0, 0.05) is 24.4 Å². The van der Waals surface area contributed by atoms with E-state index in [4.69, 9.17) is 5.73 Å². The Kier molecular flexibility index (Phi) is 4.74. The van der Waals surface area contributed by atoms with Gasteiger partial charge in [0.15, 0.2) is 6.04 Å². The predicted molar refractivity (Wildman–Crippen MR) is 77.1 cm³/mol. The number of primary amides is 1. The van der Waals surface area contributed by atoms with Gasteiger partial charge in [-0.3, -0.25) is 9.59 Å². The summed E-state index contributed by atoms with van der Waals surface area (Å²) in [5.74, 6) is -0.173. The first kappa shape index (κ1) is 14.5. The molecular formula is C15H22N3O2+. The summed E-state index contributed by atoms with van der Waals surface area (Å²) in [7, 11) is 0. The molecule has 1 aromatic carbocycles. The standard InChI is InChI=1S/C15H21N3O2/c1-11(14(16)19)18-9-7-12(8-10-18)15(20)17-13-5-3-2-4-6-13/h2-6,11-12H,7-10H2,1H3,(H2,16,19)(H,17,20)/p+1/t11-/m0/s1. The molecular weight excluding hydrogens is 254 g/mol. The highest BCUT2D eigenvalue weighted by atomic mass is 16.2. The maximum Gasteiger partial charge on any atom is 0.275 e. The van der Waals surface area contributed by atoms with Crippen LogP contribution in [0.3, 0.4) is 0 Å². The Morgan fingerprint density at radius 1 is 1.25 bits per heavy atom. The molecule has 1 heterocycles. The minimum absolute atomic E-state index is 0.0269. The summed E-state index contributed by atoms with van der Waals surface area (Å²) in [4.78, 5) is 24.5. The minimum atomic E-state index is -0.271. The quantitative estimate of drug-likeness (QED) is 0.712. The Bertz CT molecular complexity index is 467. The van der Waals surface area contributed by atoms with Gasteiger partial charge in [-0.05, 0) is 19.1 Å². The zero-order valence-electron chi connectivity index (χ0n) is 11.8. The highest BCUT2D eigenvalue weighted by molar-refractivity contribution is 5.92. The number of likely N-dealkylation sites (tertiary alicyclic amines) is 1. The molecule has 2 amide bonds. The summed E-state index contributed by atoms with van der Waals surface area (Å²) < 4.78 is 0. The average Bonchev–Trinajstić information content (AvgIpc) is 2.47. The number of benzene rings is 1. The monoisotopic (exact) mass is 276 g/mol. The molecule has 1 aliphatic heterocycles. The van der Waals surface area contributed by atoms with Crippen molar-refractivity contribution < 1.29 is 14.5 Å². The molecule has 0 radical (unpaired) electrons. The number of rotatable bonds is 4. The van der Waals surface area contributed by atoms with Gasteiger partial charge in [0.25, 0.3) is 5.91 Å². The Hall–Kier alpha value is -1.88. The van der Waals surface area contributed by atoms with E-state index >= 15 is 0 Å². The van der Waals surface area contributed by atoms with Crippen LogP contribution in [0.4, 0.5) is 5.69 Å². The van der Waals surface area contributed by atoms with Gasteiger partial charge >= 0.3 is 0 Å². The maximum absolute atomic E-state index is 12.2. The van der Waals surface area contributed by atoms with Gasteiger partial charge in [-0.15, -0.1) is 0 Å². The van der Waals surface area contributed by atoms with E-state index in [1.807, 2.05) is 37.3 Å². The summed E-state index contributed by atoms with van der Waals surface area (Å²) in [6.45, 7) is 3.48. The zero-order valence-corrected chi connectivity index (χ0v) is 11.8. The largest absolute Gasteiger partial charge is 0.365 e. The van der Waals surface area contributed by atoms with Crippen LogP contribution in [-0.2, 0) is 9.59 Å². The van der Waals surface area contributed by atoms with Crippen LogP contribution in [-0.4, -0.2) is 30.9 Å². The molecule has 0 saturated carbocycles. The number of para-hydroxylation sites is 1. The number of hydrogen-bond acceptors (Lipinski definition) is 2. The Morgan fingerprint density at radius 3 is 2.40 bits per heavy atom. The lowest BCUT2D eigenvalue weighted by Gasteiger charge is -2.31. The van der Waals surface area contributed by atoms with Crippen LogP contribution < -0.4 is 16.0 Å². The van der Waals surface area contributed by atoms with E-state index in [1.165, 1.54) is 4.90 Å². The fourth-order valence-electron chi connectivity index (χ4n) is 2.65. The van der Waals surface area contributed by atoms with Crippen molar-refractivity contribution in [2.45, 2.75) is 25.8 Å². The molecule has 0 unspecified atom stereocenters. The van der Waals surface area contributed by atoms with E-state index in [0.717, 1.165) is 31.6 Å². The van der Waals surface area contributed by atoms with E-state index in [-0.39, 0.29) is 23.8 Å². The van der Waals surface area contributed by atoms with Crippen LogP contribution in [0.15, 0.2) is 30.3 Å². The second-order valence-corrected chi connectivity index (χ2v) is 5.41. The van der Waals surface area contributed by atoms with Crippen molar-refractivity contribution in [3.63, 3.8) is 0 Å². The van der Waals surface area contributed by atoms with E-state index in [0.29, 0.717) is 0 Å². The summed E-state index contributed by atoms with van der Waals surface area (Å²) in [6.07, 6.45) is 1.59. The molecule has 1 aliphatic rings. The fraction of sp³-hybridized carbons (Fsp3) is 0.467. The molecule has 5 nitrogen and oxygen atoms in total. The highest BCUT2D eigenvalue weighted by Crippen LogP contribution is 2.14. The number of hydrogen-bond donors (Lipinski definition) is 3. The number of carbonyl (C=O) groups excluding carboxylic acids is 2. The zero-order chi connectivity index (χ0) is 14.5. The molecule has 5 heteroatoms. The SMILES string of the molecule is C[C@@H](C(N)=O)[NH+]1CCC(C(=O)Nc2ccccc2)CC1. The summed E-state index contributed by atoms with van der Waals surface area (Å²) >= 11 is 0. The van der Waals surface area contributed by atoms with Crippen molar-refractivity contribution in [2.24, 2.45) is 11.7 Å². The second kappa shape index (κ2) is 6.52. The molecule has 108 valence electrons. The first-order valence-corrected chi connectivity index (χ1v) is 7.07. The van der Waals surface area contributed by atoms with Gasteiger partial charge in [0.2, 0.25) is 5.91 Å². The highest BCUT2D eigenvalue weighted by Gasteiger charge is 2.31. The number of nitrogens with one attached hydrogen (secondary N) is 2. The van der Waals surface area contributed by atoms with Crippen molar-refractivity contribution >= 4 is 17.5 Å². The van der Waals surface area contributed by atoms with Gasteiger partial charge in [-0.25, -0.2) is 0 Å². The molecule has 0 aromatic heterocycles. The lowest BCUT2D eigenvalue weighted by atomic mass is 9.95. The van der Waals surface area contributed by atoms with Gasteiger partial charge < -0.3 is 16.0 Å². The molecule has 1 atom stereocenters. The first-order valence-electron chi connectivity index (χ1n) is 7.07. The van der Waals surface area contributed by atoms with E-state index in [9.17, 15) is 9.59 Å². The molecule has 1 aromatic rings. The summed E-state index contributed by atoms with van der Waals surface area (Å²) in [5.41, 5.74) is 6.16. The lowest BCUT2D eigenvalue weighted by Crippen LogP contribution is -3.17. The number of quaternary nitrogens is 1. The Balaban J connectivity index is 1.84. The Labute approximate surface area is 119 Å². The van der Waals surface area contributed by atoms with Crippen molar-refractivity contribution in [2.75, 3.05) is 18.4 Å². The lowest BCUT2D eigenvalue weighted by molar-refractivity contribution is -0.919. The van der Waals surface area contributed by atoms with Crippen LogP contribution in [0.2, 0.25) is 0 Å².